The van der Waals surface area contributed by atoms with Gasteiger partial charge >= 0.3 is 0 Å². The van der Waals surface area contributed by atoms with Crippen LogP contribution in [0.4, 0.5) is 5.69 Å². The van der Waals surface area contributed by atoms with Crippen LogP contribution in [-0.2, 0) is 0 Å². The van der Waals surface area contributed by atoms with Crippen LogP contribution in [0.3, 0.4) is 0 Å². The van der Waals surface area contributed by atoms with E-state index >= 15 is 0 Å². The SMILES string of the molecule is CCCC[C@@H](Nc1ccc(OC)cc1)c1ccccc1. The number of ether oxygens (including phenoxy) is 1. The first kappa shape index (κ1) is 14.4. The maximum atomic E-state index is 5.20. The van der Waals surface area contributed by atoms with Gasteiger partial charge in [0.1, 0.15) is 5.75 Å². The Labute approximate surface area is 121 Å². The average Bonchev–Trinajstić information content (AvgIpc) is 2.53. The lowest BCUT2D eigenvalue weighted by Crippen LogP contribution is -2.10. The van der Waals surface area contributed by atoms with Crippen molar-refractivity contribution in [1.29, 1.82) is 0 Å². The Morgan fingerprint density at radius 2 is 1.70 bits per heavy atom. The molecule has 0 saturated carbocycles. The molecule has 0 saturated heterocycles. The van der Waals surface area contributed by atoms with Crippen LogP contribution in [0.1, 0.15) is 37.8 Å². The van der Waals surface area contributed by atoms with Gasteiger partial charge in [0.25, 0.3) is 0 Å². The summed E-state index contributed by atoms with van der Waals surface area (Å²) in [6, 6.07) is 19.1. The molecule has 0 fully saturated rings. The maximum absolute atomic E-state index is 5.20. The molecule has 0 unspecified atom stereocenters. The van der Waals surface area contributed by atoms with E-state index in [1.807, 2.05) is 12.1 Å². The van der Waals surface area contributed by atoms with Gasteiger partial charge in [-0.3, -0.25) is 0 Å². The van der Waals surface area contributed by atoms with Crippen molar-refractivity contribution < 1.29 is 4.74 Å². The van der Waals surface area contributed by atoms with Crippen LogP contribution in [-0.4, -0.2) is 7.11 Å². The summed E-state index contributed by atoms with van der Waals surface area (Å²) < 4.78 is 5.20. The fraction of sp³-hybridized carbons (Fsp3) is 0.333. The summed E-state index contributed by atoms with van der Waals surface area (Å²) in [7, 11) is 1.69. The minimum atomic E-state index is 0.365. The second kappa shape index (κ2) is 7.59. The van der Waals surface area contributed by atoms with Crippen LogP contribution in [0.2, 0.25) is 0 Å². The predicted octanol–water partition coefficient (Wildman–Crippen LogP) is 5.04. The van der Waals surface area contributed by atoms with E-state index in [9.17, 15) is 0 Å². The zero-order valence-electron chi connectivity index (χ0n) is 12.3. The minimum Gasteiger partial charge on any atom is -0.497 e. The van der Waals surface area contributed by atoms with Crippen LogP contribution >= 0.6 is 0 Å². The molecule has 20 heavy (non-hydrogen) atoms. The summed E-state index contributed by atoms with van der Waals surface area (Å²) in [6.45, 7) is 2.23. The monoisotopic (exact) mass is 269 g/mol. The zero-order valence-corrected chi connectivity index (χ0v) is 12.3. The predicted molar refractivity (Wildman–Crippen MR) is 85.3 cm³/mol. The molecule has 2 rings (SSSR count). The normalized spacial score (nSPS) is 11.9. The first-order chi connectivity index (χ1) is 9.83. The van der Waals surface area contributed by atoms with Gasteiger partial charge < -0.3 is 10.1 Å². The van der Waals surface area contributed by atoms with Crippen molar-refractivity contribution in [2.24, 2.45) is 0 Å². The third-order valence-electron chi connectivity index (χ3n) is 3.48. The number of nitrogens with one attached hydrogen (secondary N) is 1. The van der Waals surface area contributed by atoms with E-state index in [4.69, 9.17) is 4.74 Å². The Balaban J connectivity index is 2.10. The molecule has 0 spiro atoms. The molecule has 0 radical (unpaired) electrons. The van der Waals surface area contributed by atoms with Crippen LogP contribution < -0.4 is 10.1 Å². The molecule has 2 nitrogen and oxygen atoms in total. The molecule has 0 amide bonds. The summed E-state index contributed by atoms with van der Waals surface area (Å²) in [5, 5.41) is 3.63. The van der Waals surface area contributed by atoms with Gasteiger partial charge in [0.05, 0.1) is 13.2 Å². The van der Waals surface area contributed by atoms with E-state index in [1.165, 1.54) is 18.4 Å². The molecule has 2 aromatic rings. The smallest absolute Gasteiger partial charge is 0.119 e. The fourth-order valence-electron chi connectivity index (χ4n) is 2.30. The average molecular weight is 269 g/mol. The summed E-state index contributed by atoms with van der Waals surface area (Å²) in [6.07, 6.45) is 3.59. The van der Waals surface area contributed by atoms with Gasteiger partial charge in [-0.05, 0) is 36.2 Å². The van der Waals surface area contributed by atoms with Gasteiger partial charge in [0.2, 0.25) is 0 Å². The third-order valence-corrected chi connectivity index (χ3v) is 3.48. The molecule has 0 aliphatic rings. The van der Waals surface area contributed by atoms with Gasteiger partial charge in [-0.1, -0.05) is 50.1 Å². The molecular formula is C18H23NO. The van der Waals surface area contributed by atoms with Gasteiger partial charge in [0, 0.05) is 5.69 Å². The Bertz CT molecular complexity index is 493. The van der Waals surface area contributed by atoms with E-state index in [0.717, 1.165) is 17.9 Å². The second-order valence-electron chi connectivity index (χ2n) is 4.98. The van der Waals surface area contributed by atoms with E-state index in [-0.39, 0.29) is 0 Å². The molecular weight excluding hydrogens is 246 g/mol. The minimum absolute atomic E-state index is 0.365. The van der Waals surface area contributed by atoms with Crippen LogP contribution in [0.15, 0.2) is 54.6 Å². The Hall–Kier alpha value is -1.96. The Morgan fingerprint density at radius 3 is 2.30 bits per heavy atom. The zero-order chi connectivity index (χ0) is 14.2. The molecule has 1 N–H and O–H groups in total. The van der Waals surface area contributed by atoms with E-state index < -0.39 is 0 Å². The molecule has 0 heterocycles. The van der Waals surface area contributed by atoms with Crippen LogP contribution in [0.5, 0.6) is 5.75 Å². The number of unbranched alkanes of at least 4 members (excludes halogenated alkanes) is 1. The van der Waals surface area contributed by atoms with E-state index in [1.54, 1.807) is 7.11 Å². The lowest BCUT2D eigenvalue weighted by Gasteiger charge is -2.20. The third kappa shape index (κ3) is 4.02. The van der Waals surface area contributed by atoms with E-state index in [2.05, 4.69) is 54.7 Å². The van der Waals surface area contributed by atoms with Gasteiger partial charge in [0.15, 0.2) is 0 Å². The lowest BCUT2D eigenvalue weighted by molar-refractivity contribution is 0.415. The largest absolute Gasteiger partial charge is 0.497 e. The van der Waals surface area contributed by atoms with E-state index in [0.29, 0.717) is 6.04 Å². The van der Waals surface area contributed by atoms with Crippen molar-refractivity contribution in [3.05, 3.63) is 60.2 Å². The number of anilines is 1. The summed E-state index contributed by atoms with van der Waals surface area (Å²) in [4.78, 5) is 0. The van der Waals surface area contributed by atoms with Crippen molar-refractivity contribution in [3.8, 4) is 5.75 Å². The summed E-state index contributed by atoms with van der Waals surface area (Å²) in [5.74, 6) is 0.889. The Kier molecular flexibility index (Phi) is 5.48. The number of methoxy groups -OCH3 is 1. The van der Waals surface area contributed by atoms with Crippen molar-refractivity contribution in [2.75, 3.05) is 12.4 Å². The molecule has 0 aromatic heterocycles. The summed E-state index contributed by atoms with van der Waals surface area (Å²) >= 11 is 0. The lowest BCUT2D eigenvalue weighted by atomic mass is 10.0. The molecule has 106 valence electrons. The molecule has 1 atom stereocenters. The molecule has 0 bridgehead atoms. The highest BCUT2D eigenvalue weighted by Crippen LogP contribution is 2.25. The molecule has 0 aliphatic heterocycles. The van der Waals surface area contributed by atoms with Crippen molar-refractivity contribution in [1.82, 2.24) is 0 Å². The standard InChI is InChI=1S/C18H23NO/c1-3-4-10-18(15-8-6-5-7-9-15)19-16-11-13-17(20-2)14-12-16/h5-9,11-14,18-19H,3-4,10H2,1-2H3/t18-/m1/s1. The van der Waals surface area contributed by atoms with Crippen LogP contribution in [0.25, 0.3) is 0 Å². The second-order valence-corrected chi connectivity index (χ2v) is 4.98. The fourth-order valence-corrected chi connectivity index (χ4v) is 2.30. The van der Waals surface area contributed by atoms with Crippen molar-refractivity contribution in [2.45, 2.75) is 32.2 Å². The van der Waals surface area contributed by atoms with Crippen molar-refractivity contribution in [3.63, 3.8) is 0 Å². The maximum Gasteiger partial charge on any atom is 0.119 e. The quantitative estimate of drug-likeness (QED) is 0.760. The van der Waals surface area contributed by atoms with Gasteiger partial charge in [-0.25, -0.2) is 0 Å². The number of rotatable bonds is 7. The highest BCUT2D eigenvalue weighted by Gasteiger charge is 2.10. The molecule has 2 aromatic carbocycles. The Morgan fingerprint density at radius 1 is 1.00 bits per heavy atom. The first-order valence-corrected chi connectivity index (χ1v) is 7.29. The highest BCUT2D eigenvalue weighted by molar-refractivity contribution is 5.48. The van der Waals surface area contributed by atoms with Crippen LogP contribution in [0, 0.1) is 0 Å². The first-order valence-electron chi connectivity index (χ1n) is 7.29. The topological polar surface area (TPSA) is 21.3 Å². The van der Waals surface area contributed by atoms with Gasteiger partial charge in [-0.15, -0.1) is 0 Å². The number of benzene rings is 2. The number of hydrogen-bond donors (Lipinski definition) is 1. The highest BCUT2D eigenvalue weighted by atomic mass is 16.5. The summed E-state index contributed by atoms with van der Waals surface area (Å²) in [5.41, 5.74) is 2.48. The number of hydrogen-bond acceptors (Lipinski definition) is 2. The van der Waals surface area contributed by atoms with Gasteiger partial charge in [-0.2, -0.15) is 0 Å². The molecule has 0 aliphatic carbocycles. The molecule has 2 heteroatoms. The van der Waals surface area contributed by atoms with Crippen molar-refractivity contribution >= 4 is 5.69 Å².